The fourth-order valence-electron chi connectivity index (χ4n) is 12.4. The molecule has 0 saturated heterocycles. The van der Waals surface area contributed by atoms with E-state index in [0.717, 1.165) is 19.3 Å². The highest BCUT2D eigenvalue weighted by atomic mass is 15.2. The molecule has 0 radical (unpaired) electrons. The molecule has 11 rings (SSSR count). The minimum Gasteiger partial charge on any atom is -0.314 e. The van der Waals surface area contributed by atoms with Gasteiger partial charge in [0, 0.05) is 44.6 Å². The van der Waals surface area contributed by atoms with Crippen molar-refractivity contribution >= 4 is 46.0 Å². The van der Waals surface area contributed by atoms with Gasteiger partial charge in [-0.15, -0.1) is 0 Å². The summed E-state index contributed by atoms with van der Waals surface area (Å²) in [5.74, 6) is 0. The van der Waals surface area contributed by atoms with E-state index in [1.54, 1.807) is 0 Å². The molecule has 0 spiro atoms. The van der Waals surface area contributed by atoms with Crippen molar-refractivity contribution in [2.45, 2.75) is 106 Å². The molecule has 0 aromatic heterocycles. The Morgan fingerprint density at radius 3 is 1.61 bits per heavy atom. The molecular formula is C74H74N2. The largest absolute Gasteiger partial charge is 0.314 e. The average molecular weight is 991 g/mol. The highest BCUT2D eigenvalue weighted by molar-refractivity contribution is 6.03. The molecule has 2 heteroatoms. The highest BCUT2D eigenvalue weighted by Gasteiger charge is 2.38. The number of para-hydroxylation sites is 3. The molecule has 2 nitrogen and oxygen atoms in total. The van der Waals surface area contributed by atoms with E-state index in [2.05, 4.69) is 285 Å². The van der Waals surface area contributed by atoms with Crippen molar-refractivity contribution < 1.29 is 0 Å². The predicted molar refractivity (Wildman–Crippen MR) is 331 cm³/mol. The minimum absolute atomic E-state index is 0.196. The SMILES string of the molecule is C/C=C\C=C/C1=CC(CC)=C(/C=C\CC)c2ccccc2N1/C(C)=C/C1=C(CC)c2ccc(/C=C/c3ccc4c(c3)C(C)(C)c3cc(N5c6ccccc6-c6ccccc6-c6ccccc65)ccc3-4)cc2C1(C)C.CC. The van der Waals surface area contributed by atoms with Crippen LogP contribution in [0.3, 0.4) is 0 Å². The summed E-state index contributed by atoms with van der Waals surface area (Å²) in [6.07, 6.45) is 25.7. The Hall–Kier alpha value is -7.94. The van der Waals surface area contributed by atoms with Gasteiger partial charge in [-0.05, 0) is 160 Å². The van der Waals surface area contributed by atoms with Crippen molar-refractivity contribution in [1.82, 2.24) is 0 Å². The first-order chi connectivity index (χ1) is 37.0. The molecule has 0 fully saturated rings. The van der Waals surface area contributed by atoms with Gasteiger partial charge in [-0.3, -0.25) is 0 Å². The van der Waals surface area contributed by atoms with Crippen LogP contribution in [0.2, 0.25) is 0 Å². The standard InChI is InChI=1S/C72H68N2.C2H6/c1-10-14-16-25-52-46-51(12-3)55(26-15-11-2)61-29-19-22-32-68(61)73(52)48(5)43-64-54(13-4)58-40-37-49(44-65(58)71(64,6)7)35-36-50-38-41-59-60-42-39-53(47-67(60)72(8,9)66(59)45-50)74-69-33-23-20-30-62(69)56-27-17-18-28-57(56)63-31-21-24-34-70(63)74;1-2/h10,14-47H,11-13H2,1-9H3;1-2H3/b14-10-,25-16-,26-15-,36-35+,48-43+;. The number of rotatable bonds is 11. The molecule has 0 amide bonds. The first-order valence-corrected chi connectivity index (χ1v) is 27.9. The van der Waals surface area contributed by atoms with Crippen LogP contribution < -0.4 is 9.80 Å². The Kier molecular flexibility index (Phi) is 14.5. The summed E-state index contributed by atoms with van der Waals surface area (Å²) in [4.78, 5) is 4.96. The van der Waals surface area contributed by atoms with E-state index in [1.165, 1.54) is 129 Å². The van der Waals surface area contributed by atoms with Crippen LogP contribution in [0.15, 0.2) is 223 Å². The molecule has 380 valence electrons. The molecule has 4 aliphatic rings. The summed E-state index contributed by atoms with van der Waals surface area (Å²) < 4.78 is 0. The van der Waals surface area contributed by atoms with Gasteiger partial charge in [-0.1, -0.05) is 226 Å². The molecule has 2 heterocycles. The lowest BCUT2D eigenvalue weighted by atomic mass is 9.80. The van der Waals surface area contributed by atoms with Crippen molar-refractivity contribution in [2.24, 2.45) is 0 Å². The summed E-state index contributed by atoms with van der Waals surface area (Å²) in [6.45, 7) is 24.8. The first-order valence-electron chi connectivity index (χ1n) is 27.9. The van der Waals surface area contributed by atoms with Crippen LogP contribution in [0.5, 0.6) is 0 Å². The monoisotopic (exact) mass is 991 g/mol. The molecule has 0 bridgehead atoms. The number of hydrogen-bond acceptors (Lipinski definition) is 2. The second-order valence-corrected chi connectivity index (χ2v) is 21.3. The first kappa shape index (κ1) is 51.5. The Labute approximate surface area is 454 Å². The third-order valence-corrected chi connectivity index (χ3v) is 16.1. The summed E-state index contributed by atoms with van der Waals surface area (Å²) in [5, 5.41) is 0. The van der Waals surface area contributed by atoms with Gasteiger partial charge in [0.25, 0.3) is 0 Å². The topological polar surface area (TPSA) is 6.48 Å². The number of fused-ring (bicyclic) bond motifs is 10. The van der Waals surface area contributed by atoms with Crippen molar-refractivity contribution in [3.05, 3.63) is 262 Å². The van der Waals surface area contributed by atoms with Crippen LogP contribution >= 0.6 is 0 Å². The van der Waals surface area contributed by atoms with Gasteiger partial charge in [-0.2, -0.15) is 0 Å². The number of benzene rings is 7. The van der Waals surface area contributed by atoms with E-state index in [4.69, 9.17) is 0 Å². The fourth-order valence-corrected chi connectivity index (χ4v) is 12.4. The molecule has 7 aromatic carbocycles. The van der Waals surface area contributed by atoms with E-state index < -0.39 is 0 Å². The molecule has 2 aliphatic heterocycles. The Bertz CT molecular complexity index is 3580. The second-order valence-electron chi connectivity index (χ2n) is 21.3. The quantitative estimate of drug-likeness (QED) is 0.0941. The maximum Gasteiger partial charge on any atom is 0.0540 e. The fraction of sp³-hybridized carbons (Fsp3) is 0.216. The van der Waals surface area contributed by atoms with Crippen LogP contribution in [0, 0.1) is 0 Å². The van der Waals surface area contributed by atoms with Crippen molar-refractivity contribution in [2.75, 3.05) is 9.80 Å². The number of nitrogens with zero attached hydrogens (tertiary/aromatic N) is 2. The van der Waals surface area contributed by atoms with Gasteiger partial charge >= 0.3 is 0 Å². The van der Waals surface area contributed by atoms with E-state index in [-0.39, 0.29) is 10.8 Å². The van der Waals surface area contributed by atoms with Gasteiger partial charge in [0.1, 0.15) is 0 Å². The predicted octanol–water partition coefficient (Wildman–Crippen LogP) is 21.3. The number of allylic oxidation sites excluding steroid dienone is 13. The average Bonchev–Trinajstić information content (AvgIpc) is 3.67. The number of hydrogen-bond donors (Lipinski definition) is 0. The van der Waals surface area contributed by atoms with Gasteiger partial charge in [-0.25, -0.2) is 0 Å². The summed E-state index contributed by atoms with van der Waals surface area (Å²) in [7, 11) is 0. The molecule has 76 heavy (non-hydrogen) atoms. The van der Waals surface area contributed by atoms with Gasteiger partial charge in [0.2, 0.25) is 0 Å². The lowest BCUT2D eigenvalue weighted by Crippen LogP contribution is -2.22. The van der Waals surface area contributed by atoms with E-state index in [9.17, 15) is 0 Å². The molecule has 0 atom stereocenters. The number of anilines is 4. The lowest BCUT2D eigenvalue weighted by Gasteiger charge is -2.30. The normalized spacial score (nSPS) is 16.0. The van der Waals surface area contributed by atoms with Crippen LogP contribution in [0.1, 0.15) is 134 Å². The Morgan fingerprint density at radius 2 is 1.03 bits per heavy atom. The summed E-state index contributed by atoms with van der Waals surface area (Å²) in [5.41, 5.74) is 29.0. The van der Waals surface area contributed by atoms with E-state index in [1.807, 2.05) is 13.8 Å². The zero-order valence-electron chi connectivity index (χ0n) is 46.7. The molecular weight excluding hydrogens is 917 g/mol. The second kappa shape index (κ2) is 21.4. The van der Waals surface area contributed by atoms with Crippen molar-refractivity contribution in [1.29, 1.82) is 0 Å². The molecule has 0 unspecified atom stereocenters. The molecule has 0 N–H and O–H groups in total. The minimum atomic E-state index is -0.201. The molecule has 0 saturated carbocycles. The maximum atomic E-state index is 2.49. The zero-order valence-corrected chi connectivity index (χ0v) is 46.7. The van der Waals surface area contributed by atoms with Gasteiger partial charge in [0.15, 0.2) is 0 Å². The third kappa shape index (κ3) is 8.92. The maximum absolute atomic E-state index is 2.49. The third-order valence-electron chi connectivity index (χ3n) is 16.1. The Morgan fingerprint density at radius 1 is 0.500 bits per heavy atom. The summed E-state index contributed by atoms with van der Waals surface area (Å²) >= 11 is 0. The lowest BCUT2D eigenvalue weighted by molar-refractivity contribution is 0.652. The van der Waals surface area contributed by atoms with E-state index in [0.29, 0.717) is 0 Å². The van der Waals surface area contributed by atoms with Crippen LogP contribution in [0.4, 0.5) is 22.7 Å². The van der Waals surface area contributed by atoms with Crippen LogP contribution in [0.25, 0.3) is 56.7 Å². The van der Waals surface area contributed by atoms with Gasteiger partial charge in [0.05, 0.1) is 17.1 Å². The van der Waals surface area contributed by atoms with Crippen LogP contribution in [-0.2, 0) is 10.8 Å². The van der Waals surface area contributed by atoms with Crippen LogP contribution in [-0.4, -0.2) is 0 Å². The van der Waals surface area contributed by atoms with Crippen molar-refractivity contribution in [3.8, 4) is 33.4 Å². The molecule has 2 aliphatic carbocycles. The highest BCUT2D eigenvalue weighted by Crippen LogP contribution is 2.55. The summed E-state index contributed by atoms with van der Waals surface area (Å²) in [6, 6.07) is 56.9. The van der Waals surface area contributed by atoms with Gasteiger partial charge < -0.3 is 9.80 Å². The van der Waals surface area contributed by atoms with Crippen molar-refractivity contribution in [3.63, 3.8) is 0 Å². The smallest absolute Gasteiger partial charge is 0.0540 e. The Balaban J connectivity index is 0.00000325. The van der Waals surface area contributed by atoms with E-state index >= 15 is 0 Å². The molecule has 7 aromatic rings. The zero-order chi connectivity index (χ0) is 53.3.